The van der Waals surface area contributed by atoms with Crippen molar-refractivity contribution in [2.45, 2.75) is 39.2 Å². The fourth-order valence-electron chi connectivity index (χ4n) is 2.65. The number of rotatable bonds is 6. The summed E-state index contributed by atoms with van der Waals surface area (Å²) in [6.45, 7) is 4.12. The van der Waals surface area contributed by atoms with Crippen LogP contribution >= 0.6 is 0 Å². The Morgan fingerprint density at radius 1 is 1.29 bits per heavy atom. The van der Waals surface area contributed by atoms with Crippen LogP contribution in [0.4, 0.5) is 4.39 Å². The van der Waals surface area contributed by atoms with Crippen molar-refractivity contribution in [2.75, 3.05) is 0 Å². The molecule has 1 aromatic carbocycles. The van der Waals surface area contributed by atoms with Crippen LogP contribution in [0.1, 0.15) is 28.9 Å². The molecule has 1 unspecified atom stereocenters. The van der Waals surface area contributed by atoms with E-state index >= 15 is 0 Å². The van der Waals surface area contributed by atoms with E-state index in [4.69, 9.17) is 5.84 Å². The Balaban J connectivity index is 1.98. The molecule has 0 radical (unpaired) electrons. The van der Waals surface area contributed by atoms with Gasteiger partial charge in [-0.25, -0.2) is 4.39 Å². The number of aromatic nitrogens is 2. The molecular weight excluding hydrogens is 267 g/mol. The normalized spacial score (nSPS) is 12.6. The molecule has 0 aliphatic heterocycles. The zero-order valence-electron chi connectivity index (χ0n) is 12.9. The topological polar surface area (TPSA) is 55.9 Å². The molecule has 0 aliphatic carbocycles. The van der Waals surface area contributed by atoms with Gasteiger partial charge in [-0.05, 0) is 56.4 Å². The lowest BCUT2D eigenvalue weighted by Gasteiger charge is -2.16. The van der Waals surface area contributed by atoms with Crippen molar-refractivity contribution in [3.8, 4) is 0 Å². The van der Waals surface area contributed by atoms with E-state index in [1.165, 1.54) is 23.4 Å². The Bertz CT molecular complexity index is 589. The maximum atomic E-state index is 12.9. The molecule has 5 heteroatoms. The Morgan fingerprint density at radius 2 is 1.95 bits per heavy atom. The molecule has 1 atom stereocenters. The molecule has 3 N–H and O–H groups in total. The molecule has 0 saturated heterocycles. The maximum absolute atomic E-state index is 12.9. The second kappa shape index (κ2) is 6.83. The quantitative estimate of drug-likeness (QED) is 0.633. The van der Waals surface area contributed by atoms with E-state index in [9.17, 15) is 4.39 Å². The monoisotopic (exact) mass is 290 g/mol. The third-order valence-electron chi connectivity index (χ3n) is 4.03. The van der Waals surface area contributed by atoms with Crippen molar-refractivity contribution in [1.82, 2.24) is 15.2 Å². The fourth-order valence-corrected chi connectivity index (χ4v) is 2.65. The first kappa shape index (κ1) is 15.7. The molecule has 21 heavy (non-hydrogen) atoms. The highest BCUT2D eigenvalue weighted by Gasteiger charge is 2.13. The molecule has 114 valence electrons. The van der Waals surface area contributed by atoms with Crippen molar-refractivity contribution in [3.63, 3.8) is 0 Å². The highest BCUT2D eigenvalue weighted by molar-refractivity contribution is 5.24. The molecule has 1 heterocycles. The second-order valence-electron chi connectivity index (χ2n) is 5.51. The van der Waals surface area contributed by atoms with Gasteiger partial charge >= 0.3 is 0 Å². The lowest BCUT2D eigenvalue weighted by molar-refractivity contribution is 0.490. The van der Waals surface area contributed by atoms with E-state index in [0.29, 0.717) is 0 Å². The fraction of sp³-hybridized carbons (Fsp3) is 0.438. The highest BCUT2D eigenvalue weighted by Crippen LogP contribution is 2.16. The average molecular weight is 290 g/mol. The molecule has 2 rings (SSSR count). The Morgan fingerprint density at radius 3 is 2.48 bits per heavy atom. The molecule has 0 saturated carbocycles. The lowest BCUT2D eigenvalue weighted by atomic mass is 9.98. The summed E-state index contributed by atoms with van der Waals surface area (Å²) in [7, 11) is 1.96. The zero-order valence-corrected chi connectivity index (χ0v) is 12.9. The smallest absolute Gasteiger partial charge is 0.123 e. The Hall–Kier alpha value is -1.72. The molecule has 0 spiro atoms. The van der Waals surface area contributed by atoms with Crippen molar-refractivity contribution >= 4 is 0 Å². The number of hydrogen-bond acceptors (Lipinski definition) is 3. The SMILES string of the molecule is Cc1nn(C)c(C)c1CCC(Cc1ccc(F)cc1)NN. The molecule has 0 bridgehead atoms. The summed E-state index contributed by atoms with van der Waals surface area (Å²) in [4.78, 5) is 0. The summed E-state index contributed by atoms with van der Waals surface area (Å²) in [5.41, 5.74) is 7.51. The summed E-state index contributed by atoms with van der Waals surface area (Å²) in [6.07, 6.45) is 2.64. The number of nitrogens with zero attached hydrogens (tertiary/aromatic N) is 2. The summed E-state index contributed by atoms with van der Waals surface area (Å²) >= 11 is 0. The van der Waals surface area contributed by atoms with Gasteiger partial charge in [0, 0.05) is 18.8 Å². The average Bonchev–Trinajstić information content (AvgIpc) is 2.71. The molecule has 0 fully saturated rings. The van der Waals surface area contributed by atoms with Crippen molar-refractivity contribution in [1.29, 1.82) is 0 Å². The summed E-state index contributed by atoms with van der Waals surface area (Å²) in [5.74, 6) is 5.44. The number of hydrazine groups is 1. The van der Waals surface area contributed by atoms with E-state index in [-0.39, 0.29) is 11.9 Å². The van der Waals surface area contributed by atoms with Crippen LogP contribution < -0.4 is 11.3 Å². The number of halogens is 1. The maximum Gasteiger partial charge on any atom is 0.123 e. The van der Waals surface area contributed by atoms with Crippen LogP contribution in [0.3, 0.4) is 0 Å². The van der Waals surface area contributed by atoms with Gasteiger partial charge < -0.3 is 0 Å². The lowest BCUT2D eigenvalue weighted by Crippen LogP contribution is -2.37. The van der Waals surface area contributed by atoms with E-state index in [0.717, 1.165) is 30.5 Å². The van der Waals surface area contributed by atoms with Crippen molar-refractivity contribution < 1.29 is 4.39 Å². The summed E-state index contributed by atoms with van der Waals surface area (Å²) in [5, 5.41) is 4.43. The van der Waals surface area contributed by atoms with Crippen molar-refractivity contribution in [2.24, 2.45) is 12.9 Å². The first-order chi connectivity index (χ1) is 10.0. The van der Waals surface area contributed by atoms with Crippen LogP contribution in [0, 0.1) is 19.7 Å². The molecule has 4 nitrogen and oxygen atoms in total. The molecule has 0 amide bonds. The molecule has 0 aliphatic rings. The van der Waals surface area contributed by atoms with Gasteiger partial charge in [0.05, 0.1) is 5.69 Å². The van der Waals surface area contributed by atoms with Gasteiger partial charge in [0.1, 0.15) is 5.82 Å². The second-order valence-corrected chi connectivity index (χ2v) is 5.51. The molecular formula is C16H23FN4. The van der Waals surface area contributed by atoms with Gasteiger partial charge in [0.25, 0.3) is 0 Å². The Kier molecular flexibility index (Phi) is 5.09. The van der Waals surface area contributed by atoms with Crippen LogP contribution in [-0.2, 0) is 19.9 Å². The highest BCUT2D eigenvalue weighted by atomic mass is 19.1. The number of benzene rings is 1. The van der Waals surface area contributed by atoms with Crippen LogP contribution in [0.25, 0.3) is 0 Å². The van der Waals surface area contributed by atoms with E-state index in [1.54, 1.807) is 12.1 Å². The van der Waals surface area contributed by atoms with E-state index in [1.807, 2.05) is 18.7 Å². The predicted molar refractivity (Wildman–Crippen MR) is 82.2 cm³/mol. The van der Waals surface area contributed by atoms with Crippen LogP contribution in [-0.4, -0.2) is 15.8 Å². The van der Waals surface area contributed by atoms with Gasteiger partial charge in [-0.3, -0.25) is 16.0 Å². The third-order valence-corrected chi connectivity index (χ3v) is 4.03. The van der Waals surface area contributed by atoms with Gasteiger partial charge in [-0.15, -0.1) is 0 Å². The van der Waals surface area contributed by atoms with Gasteiger partial charge in [-0.1, -0.05) is 12.1 Å². The van der Waals surface area contributed by atoms with Crippen LogP contribution in [0.2, 0.25) is 0 Å². The van der Waals surface area contributed by atoms with Gasteiger partial charge in [0.2, 0.25) is 0 Å². The first-order valence-electron chi connectivity index (χ1n) is 7.21. The van der Waals surface area contributed by atoms with Crippen LogP contribution in [0.15, 0.2) is 24.3 Å². The van der Waals surface area contributed by atoms with Crippen molar-refractivity contribution in [3.05, 3.63) is 52.6 Å². The molecule has 2 aromatic rings. The number of nitrogens with two attached hydrogens (primary N) is 1. The third kappa shape index (κ3) is 3.89. The number of hydrogen-bond donors (Lipinski definition) is 2. The standard InChI is InChI=1S/C16H23FN4/c1-11-16(12(2)21(3)20-11)9-8-15(19-18)10-13-4-6-14(17)7-5-13/h4-7,15,19H,8-10,18H2,1-3H3. The largest absolute Gasteiger partial charge is 0.272 e. The minimum absolute atomic E-state index is 0.162. The molecule has 1 aromatic heterocycles. The van der Waals surface area contributed by atoms with E-state index in [2.05, 4.69) is 17.4 Å². The number of nitrogens with one attached hydrogen (secondary N) is 1. The van der Waals surface area contributed by atoms with Crippen LogP contribution in [0.5, 0.6) is 0 Å². The zero-order chi connectivity index (χ0) is 15.4. The van der Waals surface area contributed by atoms with Gasteiger partial charge in [-0.2, -0.15) is 5.10 Å². The summed E-state index contributed by atoms with van der Waals surface area (Å²) < 4.78 is 14.8. The minimum Gasteiger partial charge on any atom is -0.272 e. The minimum atomic E-state index is -0.211. The predicted octanol–water partition coefficient (Wildman–Crippen LogP) is 2.18. The van der Waals surface area contributed by atoms with E-state index < -0.39 is 0 Å². The summed E-state index contributed by atoms with van der Waals surface area (Å²) in [6, 6.07) is 6.74. The van der Waals surface area contributed by atoms with Gasteiger partial charge in [0.15, 0.2) is 0 Å². The number of aryl methyl sites for hydroxylation is 2. The Labute approximate surface area is 125 Å². The first-order valence-corrected chi connectivity index (χ1v) is 7.21.